The number of hydrogen-bond donors (Lipinski definition) is 1. The summed E-state index contributed by atoms with van der Waals surface area (Å²) in [5.41, 5.74) is 8.38. The smallest absolute Gasteiger partial charge is 0.0602 e. The van der Waals surface area contributed by atoms with E-state index < -0.39 is 0 Å². The number of hydrogen-bond acceptors (Lipinski definition) is 2. The van der Waals surface area contributed by atoms with Crippen LogP contribution in [0.1, 0.15) is 44.0 Å². The SMILES string of the molecule is CCC[C@H](N)c1ncccc1CC. The van der Waals surface area contributed by atoms with Crippen LogP contribution in [0.2, 0.25) is 0 Å². The van der Waals surface area contributed by atoms with Crippen LogP contribution in [0.25, 0.3) is 0 Å². The Morgan fingerprint density at radius 2 is 2.23 bits per heavy atom. The molecular formula is C11H18N2. The molecule has 0 unspecified atom stereocenters. The summed E-state index contributed by atoms with van der Waals surface area (Å²) < 4.78 is 0. The first kappa shape index (κ1) is 10.2. The monoisotopic (exact) mass is 178 g/mol. The minimum Gasteiger partial charge on any atom is -0.323 e. The normalized spacial score (nSPS) is 12.8. The van der Waals surface area contributed by atoms with E-state index in [1.807, 2.05) is 12.3 Å². The van der Waals surface area contributed by atoms with Crippen molar-refractivity contribution in [3.05, 3.63) is 29.6 Å². The first-order valence-electron chi connectivity index (χ1n) is 4.99. The van der Waals surface area contributed by atoms with Gasteiger partial charge in [-0.05, 0) is 24.5 Å². The van der Waals surface area contributed by atoms with E-state index in [1.165, 1.54) is 5.56 Å². The molecular weight excluding hydrogens is 160 g/mol. The molecule has 1 atom stereocenters. The Labute approximate surface area is 80.2 Å². The van der Waals surface area contributed by atoms with E-state index in [2.05, 4.69) is 24.9 Å². The summed E-state index contributed by atoms with van der Waals surface area (Å²) in [7, 11) is 0. The van der Waals surface area contributed by atoms with Gasteiger partial charge in [0, 0.05) is 12.2 Å². The van der Waals surface area contributed by atoms with Gasteiger partial charge in [0.2, 0.25) is 0 Å². The van der Waals surface area contributed by atoms with Crippen LogP contribution in [0.3, 0.4) is 0 Å². The molecule has 0 radical (unpaired) electrons. The van der Waals surface area contributed by atoms with E-state index in [4.69, 9.17) is 5.73 Å². The van der Waals surface area contributed by atoms with E-state index in [0.717, 1.165) is 25.0 Å². The maximum atomic E-state index is 6.02. The van der Waals surface area contributed by atoms with E-state index in [-0.39, 0.29) is 6.04 Å². The minimum atomic E-state index is 0.112. The molecule has 0 saturated heterocycles. The molecule has 1 aromatic rings. The topological polar surface area (TPSA) is 38.9 Å². The molecule has 2 N–H and O–H groups in total. The molecule has 1 heterocycles. The second kappa shape index (κ2) is 4.97. The molecule has 0 amide bonds. The quantitative estimate of drug-likeness (QED) is 0.769. The van der Waals surface area contributed by atoms with Crippen molar-refractivity contribution in [3.63, 3.8) is 0 Å². The van der Waals surface area contributed by atoms with Crippen LogP contribution in [0, 0.1) is 0 Å². The molecule has 0 aliphatic heterocycles. The average Bonchev–Trinajstić information content (AvgIpc) is 2.18. The molecule has 2 heteroatoms. The molecule has 0 fully saturated rings. The predicted octanol–water partition coefficient (Wildman–Crippen LogP) is 2.44. The van der Waals surface area contributed by atoms with Crippen LogP contribution in [-0.2, 0) is 6.42 Å². The highest BCUT2D eigenvalue weighted by Crippen LogP contribution is 2.17. The van der Waals surface area contributed by atoms with E-state index >= 15 is 0 Å². The number of aryl methyl sites for hydroxylation is 1. The van der Waals surface area contributed by atoms with Crippen molar-refractivity contribution in [3.8, 4) is 0 Å². The lowest BCUT2D eigenvalue weighted by molar-refractivity contribution is 0.615. The molecule has 13 heavy (non-hydrogen) atoms. The zero-order valence-electron chi connectivity index (χ0n) is 8.46. The third-order valence-corrected chi connectivity index (χ3v) is 2.26. The fourth-order valence-corrected chi connectivity index (χ4v) is 1.53. The molecule has 0 saturated carbocycles. The molecule has 1 aromatic heterocycles. The van der Waals surface area contributed by atoms with Gasteiger partial charge in [-0.25, -0.2) is 0 Å². The summed E-state index contributed by atoms with van der Waals surface area (Å²) in [6.07, 6.45) is 4.97. The van der Waals surface area contributed by atoms with Gasteiger partial charge in [0.25, 0.3) is 0 Å². The third-order valence-electron chi connectivity index (χ3n) is 2.26. The number of nitrogens with two attached hydrogens (primary N) is 1. The molecule has 0 spiro atoms. The Hall–Kier alpha value is -0.890. The van der Waals surface area contributed by atoms with Crippen LogP contribution in [0.5, 0.6) is 0 Å². The summed E-state index contributed by atoms with van der Waals surface area (Å²) in [6.45, 7) is 4.29. The zero-order chi connectivity index (χ0) is 9.68. The first-order valence-corrected chi connectivity index (χ1v) is 4.99. The van der Waals surface area contributed by atoms with Gasteiger partial charge < -0.3 is 5.73 Å². The highest BCUT2D eigenvalue weighted by molar-refractivity contribution is 5.22. The summed E-state index contributed by atoms with van der Waals surface area (Å²) >= 11 is 0. The van der Waals surface area contributed by atoms with Crippen LogP contribution in [0.15, 0.2) is 18.3 Å². The number of nitrogens with zero attached hydrogens (tertiary/aromatic N) is 1. The lowest BCUT2D eigenvalue weighted by Gasteiger charge is -2.13. The number of rotatable bonds is 4. The largest absolute Gasteiger partial charge is 0.323 e. The second-order valence-corrected chi connectivity index (χ2v) is 3.30. The van der Waals surface area contributed by atoms with Crippen molar-refractivity contribution >= 4 is 0 Å². The third kappa shape index (κ3) is 2.52. The van der Waals surface area contributed by atoms with Gasteiger partial charge in [0.05, 0.1) is 5.69 Å². The average molecular weight is 178 g/mol. The van der Waals surface area contributed by atoms with Gasteiger partial charge in [-0.3, -0.25) is 4.98 Å². The Kier molecular flexibility index (Phi) is 3.90. The Balaban J connectivity index is 2.85. The first-order chi connectivity index (χ1) is 6.29. The van der Waals surface area contributed by atoms with Gasteiger partial charge >= 0.3 is 0 Å². The van der Waals surface area contributed by atoms with Crippen LogP contribution < -0.4 is 5.73 Å². The molecule has 0 aromatic carbocycles. The summed E-state index contributed by atoms with van der Waals surface area (Å²) in [5, 5.41) is 0. The highest BCUT2D eigenvalue weighted by atomic mass is 14.8. The van der Waals surface area contributed by atoms with E-state index in [0.29, 0.717) is 0 Å². The molecule has 72 valence electrons. The molecule has 0 bridgehead atoms. The Morgan fingerprint density at radius 1 is 1.46 bits per heavy atom. The molecule has 0 aliphatic rings. The van der Waals surface area contributed by atoms with Gasteiger partial charge in [-0.15, -0.1) is 0 Å². The predicted molar refractivity (Wildman–Crippen MR) is 55.5 cm³/mol. The fourth-order valence-electron chi connectivity index (χ4n) is 1.53. The van der Waals surface area contributed by atoms with Crippen molar-refractivity contribution in [1.82, 2.24) is 4.98 Å². The number of aromatic nitrogens is 1. The molecule has 2 nitrogen and oxygen atoms in total. The molecule has 1 rings (SSSR count). The number of pyridine rings is 1. The van der Waals surface area contributed by atoms with Gasteiger partial charge in [-0.1, -0.05) is 26.3 Å². The van der Waals surface area contributed by atoms with Crippen LogP contribution >= 0.6 is 0 Å². The highest BCUT2D eigenvalue weighted by Gasteiger charge is 2.09. The zero-order valence-corrected chi connectivity index (χ0v) is 8.46. The van der Waals surface area contributed by atoms with Gasteiger partial charge in [0.15, 0.2) is 0 Å². The summed E-state index contributed by atoms with van der Waals surface area (Å²) in [5.74, 6) is 0. The van der Waals surface area contributed by atoms with E-state index in [1.54, 1.807) is 0 Å². The van der Waals surface area contributed by atoms with Gasteiger partial charge in [-0.2, -0.15) is 0 Å². The fraction of sp³-hybridized carbons (Fsp3) is 0.545. The van der Waals surface area contributed by atoms with Crippen molar-refractivity contribution in [2.24, 2.45) is 5.73 Å². The molecule has 0 aliphatic carbocycles. The lowest BCUT2D eigenvalue weighted by Crippen LogP contribution is -2.13. The van der Waals surface area contributed by atoms with Crippen molar-refractivity contribution in [2.75, 3.05) is 0 Å². The van der Waals surface area contributed by atoms with Crippen LogP contribution in [-0.4, -0.2) is 4.98 Å². The lowest BCUT2D eigenvalue weighted by atomic mass is 10.0. The maximum Gasteiger partial charge on any atom is 0.0602 e. The summed E-state index contributed by atoms with van der Waals surface area (Å²) in [4.78, 5) is 4.34. The summed E-state index contributed by atoms with van der Waals surface area (Å²) in [6, 6.07) is 4.19. The van der Waals surface area contributed by atoms with Crippen molar-refractivity contribution in [1.29, 1.82) is 0 Å². The van der Waals surface area contributed by atoms with Crippen molar-refractivity contribution < 1.29 is 0 Å². The Bertz CT molecular complexity index is 258. The van der Waals surface area contributed by atoms with Gasteiger partial charge in [0.1, 0.15) is 0 Å². The minimum absolute atomic E-state index is 0.112. The Morgan fingerprint density at radius 3 is 2.85 bits per heavy atom. The standard InChI is InChI=1S/C11H18N2/c1-3-6-10(12)11-9(4-2)7-5-8-13-11/h5,7-8,10H,3-4,6,12H2,1-2H3/t10-/m0/s1. The maximum absolute atomic E-state index is 6.02. The second-order valence-electron chi connectivity index (χ2n) is 3.30. The van der Waals surface area contributed by atoms with Crippen molar-refractivity contribution in [2.45, 2.75) is 39.2 Å². The van der Waals surface area contributed by atoms with E-state index in [9.17, 15) is 0 Å². The van der Waals surface area contributed by atoms with Crippen LogP contribution in [0.4, 0.5) is 0 Å².